The zero-order chi connectivity index (χ0) is 11.8. The molecule has 1 saturated carbocycles. The molecule has 0 aromatic carbocycles. The SMILES string of the molecule is C=CCOC(=O)N1CCC[C@@H]2C[C@@]21C(=O)O. The summed E-state index contributed by atoms with van der Waals surface area (Å²) in [7, 11) is 0. The first-order chi connectivity index (χ1) is 7.63. The molecule has 0 spiro atoms. The normalized spacial score (nSPS) is 31.5. The maximum Gasteiger partial charge on any atom is 0.411 e. The lowest BCUT2D eigenvalue weighted by Gasteiger charge is -2.32. The van der Waals surface area contributed by atoms with Crippen LogP contribution in [0.5, 0.6) is 0 Å². The molecule has 1 amide bonds. The van der Waals surface area contributed by atoms with Crippen LogP contribution in [-0.4, -0.2) is 40.8 Å². The molecular weight excluding hydrogens is 210 g/mol. The van der Waals surface area contributed by atoms with Crippen molar-refractivity contribution in [2.24, 2.45) is 5.92 Å². The first-order valence-corrected chi connectivity index (χ1v) is 5.41. The Bertz CT molecular complexity index is 341. The highest BCUT2D eigenvalue weighted by atomic mass is 16.6. The minimum absolute atomic E-state index is 0.107. The maximum atomic E-state index is 11.7. The van der Waals surface area contributed by atoms with Crippen molar-refractivity contribution in [3.63, 3.8) is 0 Å². The molecule has 0 aromatic rings. The number of amides is 1. The van der Waals surface area contributed by atoms with Crippen molar-refractivity contribution >= 4 is 12.1 Å². The van der Waals surface area contributed by atoms with E-state index in [4.69, 9.17) is 4.74 Å². The molecule has 1 heterocycles. The summed E-state index contributed by atoms with van der Waals surface area (Å²) in [5, 5.41) is 9.21. The van der Waals surface area contributed by atoms with Crippen LogP contribution in [0.1, 0.15) is 19.3 Å². The Hall–Kier alpha value is -1.52. The van der Waals surface area contributed by atoms with E-state index in [1.807, 2.05) is 0 Å². The molecule has 1 aliphatic heterocycles. The van der Waals surface area contributed by atoms with Crippen molar-refractivity contribution in [1.82, 2.24) is 4.90 Å². The van der Waals surface area contributed by atoms with E-state index < -0.39 is 17.6 Å². The molecule has 16 heavy (non-hydrogen) atoms. The minimum Gasteiger partial charge on any atom is -0.479 e. The van der Waals surface area contributed by atoms with Gasteiger partial charge in [-0.15, -0.1) is 0 Å². The monoisotopic (exact) mass is 225 g/mol. The molecule has 2 aliphatic rings. The molecule has 2 atom stereocenters. The summed E-state index contributed by atoms with van der Waals surface area (Å²) in [5.41, 5.74) is -0.976. The quantitative estimate of drug-likeness (QED) is 0.734. The summed E-state index contributed by atoms with van der Waals surface area (Å²) in [6, 6.07) is 0. The fourth-order valence-electron chi connectivity index (χ4n) is 2.52. The van der Waals surface area contributed by atoms with Crippen LogP contribution >= 0.6 is 0 Å². The standard InChI is InChI=1S/C11H15NO4/c1-2-6-16-10(15)12-5-3-4-8-7-11(8,12)9(13)14/h2,8H,1,3-7H2,(H,13,14)/t8-,11+/m1/s1. The lowest BCUT2D eigenvalue weighted by atomic mass is 10.0. The summed E-state index contributed by atoms with van der Waals surface area (Å²) < 4.78 is 4.91. The maximum absolute atomic E-state index is 11.7. The Kier molecular flexibility index (Phi) is 2.61. The van der Waals surface area contributed by atoms with E-state index in [-0.39, 0.29) is 12.5 Å². The number of fused-ring (bicyclic) bond motifs is 1. The zero-order valence-corrected chi connectivity index (χ0v) is 9.02. The van der Waals surface area contributed by atoms with Gasteiger partial charge >= 0.3 is 12.1 Å². The Labute approximate surface area is 93.7 Å². The molecule has 0 unspecified atom stereocenters. The van der Waals surface area contributed by atoms with Crippen LogP contribution in [0.3, 0.4) is 0 Å². The lowest BCUT2D eigenvalue weighted by Crippen LogP contribution is -2.51. The van der Waals surface area contributed by atoms with E-state index in [0.29, 0.717) is 13.0 Å². The van der Waals surface area contributed by atoms with Gasteiger partial charge in [0.15, 0.2) is 0 Å². The Balaban J connectivity index is 2.10. The number of ether oxygens (including phenoxy) is 1. The van der Waals surface area contributed by atoms with Crippen LogP contribution in [0.4, 0.5) is 4.79 Å². The van der Waals surface area contributed by atoms with E-state index in [9.17, 15) is 14.7 Å². The number of hydrogen-bond acceptors (Lipinski definition) is 3. The van der Waals surface area contributed by atoms with Gasteiger partial charge in [-0.25, -0.2) is 9.59 Å². The average molecular weight is 225 g/mol. The predicted molar refractivity (Wildman–Crippen MR) is 56.0 cm³/mol. The molecule has 88 valence electrons. The lowest BCUT2D eigenvalue weighted by molar-refractivity contribution is -0.146. The molecule has 5 heteroatoms. The number of carbonyl (C=O) groups excluding carboxylic acids is 1. The highest BCUT2D eigenvalue weighted by Gasteiger charge is 2.67. The van der Waals surface area contributed by atoms with Crippen molar-refractivity contribution in [1.29, 1.82) is 0 Å². The van der Waals surface area contributed by atoms with Crippen LogP contribution in [0.2, 0.25) is 0 Å². The smallest absolute Gasteiger partial charge is 0.411 e. The molecule has 0 aromatic heterocycles. The van der Waals surface area contributed by atoms with Crippen molar-refractivity contribution < 1.29 is 19.4 Å². The Morgan fingerprint density at radius 2 is 2.38 bits per heavy atom. The van der Waals surface area contributed by atoms with Gasteiger partial charge < -0.3 is 9.84 Å². The van der Waals surface area contributed by atoms with Crippen molar-refractivity contribution in [3.05, 3.63) is 12.7 Å². The third-order valence-corrected chi connectivity index (χ3v) is 3.40. The molecule has 1 saturated heterocycles. The number of hydrogen-bond donors (Lipinski definition) is 1. The van der Waals surface area contributed by atoms with E-state index in [0.717, 1.165) is 12.8 Å². The molecule has 1 aliphatic carbocycles. The van der Waals surface area contributed by atoms with Gasteiger partial charge in [0, 0.05) is 6.54 Å². The molecule has 1 N–H and O–H groups in total. The van der Waals surface area contributed by atoms with Crippen molar-refractivity contribution in [2.45, 2.75) is 24.8 Å². The summed E-state index contributed by atoms with van der Waals surface area (Å²) in [6.45, 7) is 4.04. The zero-order valence-electron chi connectivity index (χ0n) is 9.02. The summed E-state index contributed by atoms with van der Waals surface area (Å²) in [6.07, 6.45) is 3.23. The van der Waals surface area contributed by atoms with Gasteiger partial charge in [0.05, 0.1) is 0 Å². The third-order valence-electron chi connectivity index (χ3n) is 3.40. The van der Waals surface area contributed by atoms with Gasteiger partial charge in [0.25, 0.3) is 0 Å². The van der Waals surface area contributed by atoms with Gasteiger partial charge in [-0.3, -0.25) is 4.90 Å². The fourth-order valence-corrected chi connectivity index (χ4v) is 2.52. The highest BCUT2D eigenvalue weighted by Crippen LogP contribution is 2.54. The molecule has 5 nitrogen and oxygen atoms in total. The van der Waals surface area contributed by atoms with Crippen LogP contribution in [0.25, 0.3) is 0 Å². The fraction of sp³-hybridized carbons (Fsp3) is 0.636. The number of carbonyl (C=O) groups is 2. The van der Waals surface area contributed by atoms with E-state index >= 15 is 0 Å². The van der Waals surface area contributed by atoms with Crippen molar-refractivity contribution in [3.8, 4) is 0 Å². The molecule has 0 bridgehead atoms. The van der Waals surface area contributed by atoms with Crippen LogP contribution in [0.15, 0.2) is 12.7 Å². The van der Waals surface area contributed by atoms with Gasteiger partial charge in [-0.1, -0.05) is 12.7 Å². The Morgan fingerprint density at radius 3 is 3.00 bits per heavy atom. The van der Waals surface area contributed by atoms with Crippen LogP contribution < -0.4 is 0 Å². The number of carboxylic acid groups (broad SMARTS) is 1. The minimum atomic E-state index is -0.976. The second-order valence-corrected chi connectivity index (χ2v) is 4.29. The van der Waals surface area contributed by atoms with Crippen LogP contribution in [-0.2, 0) is 9.53 Å². The summed E-state index contributed by atoms with van der Waals surface area (Å²) >= 11 is 0. The second-order valence-electron chi connectivity index (χ2n) is 4.29. The van der Waals surface area contributed by atoms with E-state index in [2.05, 4.69) is 6.58 Å². The summed E-state index contributed by atoms with van der Waals surface area (Å²) in [5.74, 6) is -0.803. The molecular formula is C11H15NO4. The number of aliphatic carboxylic acids is 1. The number of piperidine rings is 1. The van der Waals surface area contributed by atoms with Gasteiger partial charge in [0.2, 0.25) is 0 Å². The number of nitrogens with zero attached hydrogens (tertiary/aromatic N) is 1. The van der Waals surface area contributed by atoms with Gasteiger partial charge in [-0.05, 0) is 25.2 Å². The first kappa shape index (κ1) is 11.0. The number of rotatable bonds is 3. The Morgan fingerprint density at radius 1 is 1.62 bits per heavy atom. The number of likely N-dealkylation sites (tertiary alicyclic amines) is 1. The third kappa shape index (κ3) is 1.47. The van der Waals surface area contributed by atoms with Gasteiger partial charge in [-0.2, -0.15) is 0 Å². The molecule has 2 fully saturated rings. The van der Waals surface area contributed by atoms with E-state index in [1.165, 1.54) is 11.0 Å². The molecule has 0 radical (unpaired) electrons. The topological polar surface area (TPSA) is 66.8 Å². The predicted octanol–water partition coefficient (Wildman–Crippen LogP) is 1.25. The summed E-state index contributed by atoms with van der Waals surface area (Å²) in [4.78, 5) is 24.3. The van der Waals surface area contributed by atoms with Crippen LogP contribution in [0, 0.1) is 5.92 Å². The average Bonchev–Trinajstić information content (AvgIpc) is 3.00. The highest BCUT2D eigenvalue weighted by molar-refractivity contribution is 5.88. The van der Waals surface area contributed by atoms with Crippen molar-refractivity contribution in [2.75, 3.05) is 13.2 Å². The molecule has 2 rings (SSSR count). The second kappa shape index (κ2) is 3.81. The largest absolute Gasteiger partial charge is 0.479 e. The van der Waals surface area contributed by atoms with E-state index in [1.54, 1.807) is 0 Å². The number of carboxylic acids is 1. The first-order valence-electron chi connectivity index (χ1n) is 5.41. The van der Waals surface area contributed by atoms with Gasteiger partial charge in [0.1, 0.15) is 12.1 Å².